The van der Waals surface area contributed by atoms with Crippen LogP contribution in [0.3, 0.4) is 0 Å². The van der Waals surface area contributed by atoms with Crippen molar-refractivity contribution >= 4 is 27.7 Å². The van der Waals surface area contributed by atoms with E-state index in [2.05, 4.69) is 25.8 Å². The molecule has 7 heteroatoms. The highest BCUT2D eigenvalue weighted by Gasteiger charge is 2.23. The van der Waals surface area contributed by atoms with Gasteiger partial charge in [-0.05, 0) is 51.8 Å². The van der Waals surface area contributed by atoms with Crippen molar-refractivity contribution in [3.8, 4) is 11.5 Å². The first-order valence-electron chi connectivity index (χ1n) is 10.1. The second kappa shape index (κ2) is 9.83. The molecule has 31 heavy (non-hydrogen) atoms. The van der Waals surface area contributed by atoms with Gasteiger partial charge in [-0.25, -0.2) is 4.98 Å². The van der Waals surface area contributed by atoms with Crippen molar-refractivity contribution in [1.82, 2.24) is 9.88 Å². The maximum absolute atomic E-state index is 13.0. The Morgan fingerprint density at radius 3 is 2.45 bits per heavy atom. The highest BCUT2D eigenvalue weighted by atomic mass is 79.9. The molecular weight excluding hydrogens is 458 g/mol. The second-order valence-electron chi connectivity index (χ2n) is 7.25. The van der Waals surface area contributed by atoms with Crippen LogP contribution in [0.25, 0.3) is 0 Å². The first kappa shape index (κ1) is 21.2. The number of methoxy groups -OCH3 is 1. The first-order valence-corrected chi connectivity index (χ1v) is 10.9. The second-order valence-corrected chi connectivity index (χ2v) is 8.17. The number of piperazine rings is 1. The SMILES string of the molecule is COc1cc(C(=O)N2CCN(c3ccc(Br)cn3)CC2)ccc1OCc1ccccc1. The molecule has 6 nitrogen and oxygen atoms in total. The third kappa shape index (κ3) is 5.17. The van der Waals surface area contributed by atoms with Gasteiger partial charge in [0, 0.05) is 42.4 Å². The van der Waals surface area contributed by atoms with E-state index in [-0.39, 0.29) is 5.91 Å². The number of benzene rings is 2. The monoisotopic (exact) mass is 481 g/mol. The quantitative estimate of drug-likeness (QED) is 0.522. The highest BCUT2D eigenvalue weighted by Crippen LogP contribution is 2.29. The molecule has 1 aliphatic rings. The van der Waals surface area contributed by atoms with Crippen LogP contribution in [-0.2, 0) is 6.61 Å². The van der Waals surface area contributed by atoms with Crippen LogP contribution in [-0.4, -0.2) is 49.1 Å². The molecule has 1 saturated heterocycles. The standard InChI is InChI=1S/C24H24BrN3O3/c1-30-22-15-19(7-9-21(22)31-17-18-5-3-2-4-6-18)24(29)28-13-11-27(12-14-28)23-10-8-20(25)16-26-23/h2-10,15-16H,11-14,17H2,1H3. The Balaban J connectivity index is 1.38. The predicted molar refractivity (Wildman–Crippen MR) is 124 cm³/mol. The molecule has 160 valence electrons. The molecule has 2 aromatic carbocycles. The minimum absolute atomic E-state index is 0.00340. The average Bonchev–Trinajstić information content (AvgIpc) is 2.83. The van der Waals surface area contributed by atoms with E-state index in [1.165, 1.54) is 0 Å². The number of rotatable bonds is 6. The van der Waals surface area contributed by atoms with Crippen molar-refractivity contribution in [2.75, 3.05) is 38.2 Å². The van der Waals surface area contributed by atoms with Gasteiger partial charge in [0.2, 0.25) is 0 Å². The summed E-state index contributed by atoms with van der Waals surface area (Å²) in [6, 6.07) is 19.3. The zero-order valence-electron chi connectivity index (χ0n) is 17.3. The third-order valence-electron chi connectivity index (χ3n) is 5.25. The van der Waals surface area contributed by atoms with Gasteiger partial charge in [-0.3, -0.25) is 4.79 Å². The van der Waals surface area contributed by atoms with Gasteiger partial charge in [-0.2, -0.15) is 0 Å². The van der Waals surface area contributed by atoms with Crippen LogP contribution >= 0.6 is 15.9 Å². The Morgan fingerprint density at radius 2 is 1.77 bits per heavy atom. The van der Waals surface area contributed by atoms with Gasteiger partial charge in [0.25, 0.3) is 5.91 Å². The fourth-order valence-corrected chi connectivity index (χ4v) is 3.77. The molecule has 4 rings (SSSR count). The maximum Gasteiger partial charge on any atom is 0.254 e. The Labute approximate surface area is 190 Å². The van der Waals surface area contributed by atoms with Crippen molar-refractivity contribution in [3.63, 3.8) is 0 Å². The van der Waals surface area contributed by atoms with E-state index in [0.717, 1.165) is 28.9 Å². The van der Waals surface area contributed by atoms with Crippen molar-refractivity contribution in [3.05, 3.63) is 82.5 Å². The van der Waals surface area contributed by atoms with Gasteiger partial charge < -0.3 is 19.3 Å². The molecule has 1 aromatic heterocycles. The lowest BCUT2D eigenvalue weighted by Crippen LogP contribution is -2.49. The minimum atomic E-state index is -0.00340. The van der Waals surface area contributed by atoms with E-state index in [9.17, 15) is 4.79 Å². The number of nitrogens with zero attached hydrogens (tertiary/aromatic N) is 3. The molecule has 1 amide bonds. The third-order valence-corrected chi connectivity index (χ3v) is 5.72. The number of pyridine rings is 1. The van der Waals surface area contributed by atoms with Crippen LogP contribution < -0.4 is 14.4 Å². The van der Waals surface area contributed by atoms with E-state index in [1.54, 1.807) is 31.5 Å². The van der Waals surface area contributed by atoms with Crippen LogP contribution in [0.2, 0.25) is 0 Å². The van der Waals surface area contributed by atoms with Gasteiger partial charge in [0.15, 0.2) is 11.5 Å². The number of hydrogen-bond donors (Lipinski definition) is 0. The van der Waals surface area contributed by atoms with Crippen LogP contribution in [0.4, 0.5) is 5.82 Å². The van der Waals surface area contributed by atoms with E-state index >= 15 is 0 Å². The number of amides is 1. The molecule has 0 saturated carbocycles. The van der Waals surface area contributed by atoms with Gasteiger partial charge in [-0.1, -0.05) is 30.3 Å². The molecule has 0 unspecified atom stereocenters. The normalized spacial score (nSPS) is 13.7. The molecule has 2 heterocycles. The summed E-state index contributed by atoms with van der Waals surface area (Å²) < 4.78 is 12.3. The maximum atomic E-state index is 13.0. The van der Waals surface area contributed by atoms with Crippen LogP contribution in [0, 0.1) is 0 Å². The summed E-state index contributed by atoms with van der Waals surface area (Å²) >= 11 is 3.41. The summed E-state index contributed by atoms with van der Waals surface area (Å²) in [5, 5.41) is 0. The van der Waals surface area contributed by atoms with E-state index in [0.29, 0.717) is 36.8 Å². The zero-order valence-corrected chi connectivity index (χ0v) is 18.9. The Morgan fingerprint density at radius 1 is 1.00 bits per heavy atom. The smallest absolute Gasteiger partial charge is 0.254 e. The molecule has 3 aromatic rings. The van der Waals surface area contributed by atoms with E-state index in [1.807, 2.05) is 47.4 Å². The molecule has 0 radical (unpaired) electrons. The van der Waals surface area contributed by atoms with Gasteiger partial charge in [0.05, 0.1) is 7.11 Å². The summed E-state index contributed by atoms with van der Waals surface area (Å²) in [6.45, 7) is 3.22. The average molecular weight is 482 g/mol. The molecule has 0 spiro atoms. The van der Waals surface area contributed by atoms with Crippen molar-refractivity contribution < 1.29 is 14.3 Å². The Bertz CT molecular complexity index is 1020. The number of halogens is 1. The number of anilines is 1. The molecule has 1 fully saturated rings. The van der Waals surface area contributed by atoms with Gasteiger partial charge in [-0.15, -0.1) is 0 Å². The van der Waals surface area contributed by atoms with Crippen molar-refractivity contribution in [1.29, 1.82) is 0 Å². The van der Waals surface area contributed by atoms with Crippen LogP contribution in [0.5, 0.6) is 11.5 Å². The molecule has 0 atom stereocenters. The lowest BCUT2D eigenvalue weighted by atomic mass is 10.1. The summed E-state index contributed by atoms with van der Waals surface area (Å²) in [7, 11) is 1.59. The lowest BCUT2D eigenvalue weighted by molar-refractivity contribution is 0.0746. The van der Waals surface area contributed by atoms with E-state index < -0.39 is 0 Å². The number of hydrogen-bond acceptors (Lipinski definition) is 5. The number of ether oxygens (including phenoxy) is 2. The Kier molecular flexibility index (Phi) is 6.72. The van der Waals surface area contributed by atoms with Gasteiger partial charge >= 0.3 is 0 Å². The van der Waals surface area contributed by atoms with Crippen LogP contribution in [0.1, 0.15) is 15.9 Å². The summed E-state index contributed by atoms with van der Waals surface area (Å²) in [4.78, 5) is 21.5. The summed E-state index contributed by atoms with van der Waals surface area (Å²) in [5.74, 6) is 2.10. The highest BCUT2D eigenvalue weighted by molar-refractivity contribution is 9.10. The van der Waals surface area contributed by atoms with Crippen LogP contribution in [0.15, 0.2) is 71.3 Å². The first-order chi connectivity index (χ1) is 15.1. The fourth-order valence-electron chi connectivity index (χ4n) is 3.53. The number of carbonyl (C=O) groups excluding carboxylic acids is 1. The molecule has 0 N–H and O–H groups in total. The van der Waals surface area contributed by atoms with Crippen molar-refractivity contribution in [2.45, 2.75) is 6.61 Å². The largest absolute Gasteiger partial charge is 0.493 e. The predicted octanol–water partition coefficient (Wildman–Crippen LogP) is 4.39. The van der Waals surface area contributed by atoms with E-state index in [4.69, 9.17) is 9.47 Å². The van der Waals surface area contributed by atoms with Crippen molar-refractivity contribution in [2.24, 2.45) is 0 Å². The minimum Gasteiger partial charge on any atom is -0.493 e. The molecule has 0 aliphatic carbocycles. The summed E-state index contributed by atoms with van der Waals surface area (Å²) in [6.07, 6.45) is 1.79. The zero-order chi connectivity index (χ0) is 21.6. The number of carbonyl (C=O) groups is 1. The topological polar surface area (TPSA) is 54.9 Å². The Hall–Kier alpha value is -3.06. The van der Waals surface area contributed by atoms with Gasteiger partial charge in [0.1, 0.15) is 12.4 Å². The summed E-state index contributed by atoms with van der Waals surface area (Å²) in [5.41, 5.74) is 1.67. The molecular formula is C24H24BrN3O3. The fraction of sp³-hybridized carbons (Fsp3) is 0.250. The molecule has 0 bridgehead atoms. The number of aromatic nitrogens is 1. The molecule has 1 aliphatic heterocycles. The lowest BCUT2D eigenvalue weighted by Gasteiger charge is -2.35.